The molecule has 2 heteroatoms. The van der Waals surface area contributed by atoms with Crippen LogP contribution < -0.4 is 0 Å². The SMILES string of the molecule is Cc1ccccc1C(C)(O)C1CCOC2(CCC2)C1. The predicted octanol–water partition coefficient (Wildman–Crippen LogP) is 3.55. The zero-order valence-corrected chi connectivity index (χ0v) is 12.0. The number of aryl methyl sites for hydroxylation is 1. The van der Waals surface area contributed by atoms with Gasteiger partial charge in [-0.1, -0.05) is 24.3 Å². The first-order chi connectivity index (χ1) is 9.04. The van der Waals surface area contributed by atoms with Crippen LogP contribution in [0.4, 0.5) is 0 Å². The Bertz CT molecular complexity index is 460. The van der Waals surface area contributed by atoms with E-state index >= 15 is 0 Å². The van der Waals surface area contributed by atoms with E-state index < -0.39 is 5.60 Å². The summed E-state index contributed by atoms with van der Waals surface area (Å²) in [6, 6.07) is 8.21. The average molecular weight is 260 g/mol. The summed E-state index contributed by atoms with van der Waals surface area (Å²) in [4.78, 5) is 0. The Kier molecular flexibility index (Phi) is 3.18. The lowest BCUT2D eigenvalue weighted by molar-refractivity contribution is -0.174. The Hall–Kier alpha value is -0.860. The highest BCUT2D eigenvalue weighted by Crippen LogP contribution is 2.49. The summed E-state index contributed by atoms with van der Waals surface area (Å²) < 4.78 is 5.98. The fourth-order valence-electron chi connectivity index (χ4n) is 3.79. The number of rotatable bonds is 2. The van der Waals surface area contributed by atoms with E-state index in [1.165, 1.54) is 24.8 Å². The largest absolute Gasteiger partial charge is 0.385 e. The lowest BCUT2D eigenvalue weighted by Crippen LogP contribution is -2.50. The molecule has 2 nitrogen and oxygen atoms in total. The van der Waals surface area contributed by atoms with Gasteiger partial charge in [-0.25, -0.2) is 0 Å². The molecule has 2 fully saturated rings. The van der Waals surface area contributed by atoms with Crippen LogP contribution in [0.1, 0.15) is 50.2 Å². The van der Waals surface area contributed by atoms with E-state index in [4.69, 9.17) is 4.74 Å². The first kappa shape index (κ1) is 13.1. The number of hydrogen-bond donors (Lipinski definition) is 1. The van der Waals surface area contributed by atoms with E-state index in [9.17, 15) is 5.11 Å². The van der Waals surface area contributed by atoms with Crippen molar-refractivity contribution in [3.05, 3.63) is 35.4 Å². The standard InChI is InChI=1S/C17H24O2/c1-13-6-3-4-7-15(13)16(2,18)14-8-11-19-17(12-14)9-5-10-17/h3-4,6-7,14,18H,5,8-12H2,1-2H3. The summed E-state index contributed by atoms with van der Waals surface area (Å²) in [6.07, 6.45) is 5.59. The summed E-state index contributed by atoms with van der Waals surface area (Å²) in [5.41, 5.74) is 1.62. The maximum absolute atomic E-state index is 11.1. The minimum Gasteiger partial charge on any atom is -0.385 e. The van der Waals surface area contributed by atoms with Crippen LogP contribution in [0.25, 0.3) is 0 Å². The van der Waals surface area contributed by atoms with Crippen LogP contribution in [-0.4, -0.2) is 17.3 Å². The molecule has 2 atom stereocenters. The van der Waals surface area contributed by atoms with Crippen molar-refractivity contribution in [1.29, 1.82) is 0 Å². The first-order valence-corrected chi connectivity index (χ1v) is 7.46. The second kappa shape index (κ2) is 4.60. The zero-order valence-electron chi connectivity index (χ0n) is 12.0. The van der Waals surface area contributed by atoms with Gasteiger partial charge in [-0.3, -0.25) is 0 Å². The fourth-order valence-corrected chi connectivity index (χ4v) is 3.79. The molecule has 1 aliphatic heterocycles. The third kappa shape index (κ3) is 2.21. The molecule has 1 aromatic rings. The lowest BCUT2D eigenvalue weighted by atomic mass is 9.66. The Morgan fingerprint density at radius 3 is 2.68 bits per heavy atom. The van der Waals surface area contributed by atoms with Crippen molar-refractivity contribution >= 4 is 0 Å². The van der Waals surface area contributed by atoms with Gasteiger partial charge in [0.2, 0.25) is 0 Å². The van der Waals surface area contributed by atoms with Gasteiger partial charge in [0.1, 0.15) is 0 Å². The zero-order chi connectivity index (χ0) is 13.5. The number of hydrogen-bond acceptors (Lipinski definition) is 2. The minimum absolute atomic E-state index is 0.0928. The van der Waals surface area contributed by atoms with Crippen LogP contribution in [-0.2, 0) is 10.3 Å². The maximum atomic E-state index is 11.1. The van der Waals surface area contributed by atoms with Gasteiger partial charge in [0.15, 0.2) is 0 Å². The molecular formula is C17H24O2. The molecule has 104 valence electrons. The summed E-state index contributed by atoms with van der Waals surface area (Å²) in [7, 11) is 0. The normalized spacial score (nSPS) is 28.7. The van der Waals surface area contributed by atoms with Crippen molar-refractivity contribution < 1.29 is 9.84 Å². The second-order valence-corrected chi connectivity index (χ2v) is 6.54. The summed E-state index contributed by atoms with van der Waals surface area (Å²) in [5.74, 6) is 0.308. The molecule has 2 unspecified atom stereocenters. The highest BCUT2D eigenvalue weighted by molar-refractivity contribution is 5.31. The van der Waals surface area contributed by atoms with E-state index in [-0.39, 0.29) is 5.60 Å². The number of benzene rings is 1. The molecule has 0 bridgehead atoms. The van der Waals surface area contributed by atoms with Gasteiger partial charge >= 0.3 is 0 Å². The molecule has 0 amide bonds. The molecule has 0 radical (unpaired) electrons. The Balaban J connectivity index is 1.85. The molecule has 1 N–H and O–H groups in total. The van der Waals surface area contributed by atoms with Crippen molar-refractivity contribution in [2.75, 3.05) is 6.61 Å². The summed E-state index contributed by atoms with van der Waals surface area (Å²) in [5, 5.41) is 11.1. The van der Waals surface area contributed by atoms with Crippen molar-refractivity contribution in [2.24, 2.45) is 5.92 Å². The molecule has 1 saturated carbocycles. The van der Waals surface area contributed by atoms with Gasteiger partial charge in [-0.2, -0.15) is 0 Å². The van der Waals surface area contributed by atoms with Gasteiger partial charge in [-0.05, 0) is 63.0 Å². The summed E-state index contributed by atoms with van der Waals surface area (Å²) >= 11 is 0. The molecule has 1 saturated heterocycles. The first-order valence-electron chi connectivity index (χ1n) is 7.46. The predicted molar refractivity (Wildman–Crippen MR) is 76.0 cm³/mol. The van der Waals surface area contributed by atoms with Crippen LogP contribution >= 0.6 is 0 Å². The Labute approximate surface area is 115 Å². The average Bonchev–Trinajstić information content (AvgIpc) is 2.37. The third-order valence-corrected chi connectivity index (χ3v) is 5.24. The van der Waals surface area contributed by atoms with E-state index in [1.807, 2.05) is 19.1 Å². The van der Waals surface area contributed by atoms with E-state index in [0.717, 1.165) is 25.0 Å². The van der Waals surface area contributed by atoms with Crippen molar-refractivity contribution in [1.82, 2.24) is 0 Å². The second-order valence-electron chi connectivity index (χ2n) is 6.54. The summed E-state index contributed by atoms with van der Waals surface area (Å²) in [6.45, 7) is 4.87. The molecule has 1 heterocycles. The van der Waals surface area contributed by atoms with Crippen LogP contribution in [0.15, 0.2) is 24.3 Å². The van der Waals surface area contributed by atoms with E-state index in [2.05, 4.69) is 19.1 Å². The molecule has 1 spiro atoms. The highest BCUT2D eigenvalue weighted by Gasteiger charge is 2.47. The molecular weight excluding hydrogens is 236 g/mol. The topological polar surface area (TPSA) is 29.5 Å². The highest BCUT2D eigenvalue weighted by atomic mass is 16.5. The van der Waals surface area contributed by atoms with Crippen molar-refractivity contribution in [2.45, 2.75) is 57.2 Å². The van der Waals surface area contributed by atoms with Crippen LogP contribution in [0, 0.1) is 12.8 Å². The monoisotopic (exact) mass is 260 g/mol. The van der Waals surface area contributed by atoms with Crippen molar-refractivity contribution in [3.8, 4) is 0 Å². The molecule has 1 aliphatic carbocycles. The molecule has 3 rings (SSSR count). The van der Waals surface area contributed by atoms with Crippen LogP contribution in [0.2, 0.25) is 0 Å². The van der Waals surface area contributed by atoms with E-state index in [1.54, 1.807) is 0 Å². The van der Waals surface area contributed by atoms with Crippen LogP contribution in [0.3, 0.4) is 0 Å². The molecule has 1 aromatic carbocycles. The third-order valence-electron chi connectivity index (χ3n) is 5.24. The Morgan fingerprint density at radius 1 is 1.32 bits per heavy atom. The Morgan fingerprint density at radius 2 is 2.05 bits per heavy atom. The van der Waals surface area contributed by atoms with Crippen molar-refractivity contribution in [3.63, 3.8) is 0 Å². The minimum atomic E-state index is -0.738. The van der Waals surface area contributed by atoms with Gasteiger partial charge in [0.05, 0.1) is 11.2 Å². The van der Waals surface area contributed by atoms with Crippen LogP contribution in [0.5, 0.6) is 0 Å². The molecule has 0 aromatic heterocycles. The smallest absolute Gasteiger partial charge is 0.0901 e. The fraction of sp³-hybridized carbons (Fsp3) is 0.647. The number of aliphatic hydroxyl groups is 1. The molecule has 2 aliphatic rings. The maximum Gasteiger partial charge on any atom is 0.0901 e. The van der Waals surface area contributed by atoms with Gasteiger partial charge in [0.25, 0.3) is 0 Å². The van der Waals surface area contributed by atoms with Gasteiger partial charge in [-0.15, -0.1) is 0 Å². The van der Waals surface area contributed by atoms with Gasteiger partial charge < -0.3 is 9.84 Å². The van der Waals surface area contributed by atoms with E-state index in [0.29, 0.717) is 5.92 Å². The number of ether oxygens (including phenoxy) is 1. The lowest BCUT2D eigenvalue weighted by Gasteiger charge is -2.50. The van der Waals surface area contributed by atoms with Gasteiger partial charge in [0, 0.05) is 6.61 Å². The molecule has 19 heavy (non-hydrogen) atoms. The quantitative estimate of drug-likeness (QED) is 0.881.